The van der Waals surface area contributed by atoms with E-state index in [0.717, 1.165) is 88.4 Å². The van der Waals surface area contributed by atoms with Crippen molar-refractivity contribution in [3.8, 4) is 66.8 Å². The summed E-state index contributed by atoms with van der Waals surface area (Å²) in [5.74, 6) is 0. The molecule has 0 saturated carbocycles. The first-order valence-corrected chi connectivity index (χ1v) is 30.7. The number of thiophene rings is 1. The van der Waals surface area contributed by atoms with Gasteiger partial charge in [-0.3, -0.25) is 0 Å². The number of fused-ring (bicyclic) bond motifs is 21. The average Bonchev–Trinajstić information content (AvgIpc) is 1.87. The van der Waals surface area contributed by atoms with E-state index in [-0.39, 0.29) is 0 Å². The molecule has 0 amide bonds. The molecule has 0 atom stereocenters. The lowest BCUT2D eigenvalue weighted by atomic mass is 9.89. The van der Waals surface area contributed by atoms with Crippen LogP contribution in [0.3, 0.4) is 0 Å². The molecule has 0 radical (unpaired) electrons. The third-order valence-electron chi connectivity index (χ3n) is 18.6. The highest BCUT2D eigenvalue weighted by atomic mass is 32.1. The summed E-state index contributed by atoms with van der Waals surface area (Å²) >= 11 is 1.86. The van der Waals surface area contributed by atoms with Crippen molar-refractivity contribution < 1.29 is 8.83 Å². The van der Waals surface area contributed by atoms with Gasteiger partial charge in [-0.25, -0.2) is 0 Å². The Morgan fingerprint density at radius 1 is 0.172 bits per heavy atom. The van der Waals surface area contributed by atoms with Crippen LogP contribution in [-0.4, -0.2) is 0 Å². The van der Waals surface area contributed by atoms with Crippen molar-refractivity contribution in [1.82, 2.24) is 0 Å². The number of benzene rings is 16. The molecule has 3 aromatic heterocycles. The molecule has 0 unspecified atom stereocenters. The average molecular weight is 1120 g/mol. The van der Waals surface area contributed by atoms with E-state index in [4.69, 9.17) is 8.83 Å². The smallest absolute Gasteiger partial charge is 0.143 e. The van der Waals surface area contributed by atoms with Crippen LogP contribution in [-0.2, 0) is 0 Å². The van der Waals surface area contributed by atoms with E-state index in [1.807, 2.05) is 17.4 Å². The Bertz CT molecular complexity index is 6080. The molecule has 3 heteroatoms. The number of hydrogen-bond donors (Lipinski definition) is 0. The molecule has 3 heterocycles. The maximum atomic E-state index is 7.15. The normalized spacial score (nSPS) is 12.1. The largest absolute Gasteiger partial charge is 0.455 e. The van der Waals surface area contributed by atoms with E-state index >= 15 is 0 Å². The second-order valence-corrected chi connectivity index (χ2v) is 24.5. The first kappa shape index (κ1) is 48.3. The first-order chi connectivity index (χ1) is 43.1. The Morgan fingerprint density at radius 2 is 0.506 bits per heavy atom. The minimum absolute atomic E-state index is 0.855. The SMILES string of the molecule is c1ccc2c(c1)oc1c(-c3cc(-c4ccc5c6ccccc6c6ccccc6c5c4)cc(-c4cccc5c4oc4cc(-c6ccc7c8ccc(-c9ccc(-c%10ccc%11sc%12ccccc%12c%11c%10)cc9)cc8c8ccccc8c7c6)ccc45)c3)cccc12. The predicted molar refractivity (Wildman–Crippen MR) is 372 cm³/mol. The summed E-state index contributed by atoms with van der Waals surface area (Å²) in [6.07, 6.45) is 0. The van der Waals surface area contributed by atoms with Crippen LogP contribution in [0.25, 0.3) is 195 Å². The third-order valence-corrected chi connectivity index (χ3v) is 19.8. The third kappa shape index (κ3) is 7.47. The Kier molecular flexibility index (Phi) is 10.4. The van der Waals surface area contributed by atoms with Gasteiger partial charge in [0.25, 0.3) is 0 Å². The van der Waals surface area contributed by atoms with Crippen molar-refractivity contribution in [3.05, 3.63) is 291 Å². The Labute approximate surface area is 503 Å². The predicted octanol–water partition coefficient (Wildman–Crippen LogP) is 24.8. The van der Waals surface area contributed by atoms with Gasteiger partial charge in [0.05, 0.1) is 0 Å². The quantitative estimate of drug-likeness (QED) is 0.155. The summed E-state index contributed by atoms with van der Waals surface area (Å²) in [5, 5.41) is 22.0. The van der Waals surface area contributed by atoms with Gasteiger partial charge in [0.1, 0.15) is 22.3 Å². The van der Waals surface area contributed by atoms with Gasteiger partial charge in [0.2, 0.25) is 0 Å². The zero-order valence-electron chi connectivity index (χ0n) is 46.9. The molecule has 0 bridgehead atoms. The summed E-state index contributed by atoms with van der Waals surface area (Å²) in [5.41, 5.74) is 17.1. The second kappa shape index (κ2) is 18.7. The summed E-state index contributed by atoms with van der Waals surface area (Å²) < 4.78 is 16.5. The van der Waals surface area contributed by atoms with Crippen LogP contribution in [0.2, 0.25) is 0 Å². The van der Waals surface area contributed by atoms with E-state index in [2.05, 4.69) is 285 Å². The lowest BCUT2D eigenvalue weighted by Crippen LogP contribution is -1.88. The van der Waals surface area contributed by atoms with E-state index in [0.29, 0.717) is 0 Å². The molecule has 87 heavy (non-hydrogen) atoms. The van der Waals surface area contributed by atoms with E-state index in [1.54, 1.807) is 0 Å². The molecule has 0 saturated heterocycles. The van der Waals surface area contributed by atoms with Crippen LogP contribution in [0.4, 0.5) is 0 Å². The molecule has 0 spiro atoms. The van der Waals surface area contributed by atoms with E-state index in [1.165, 1.54) is 107 Å². The van der Waals surface area contributed by atoms with Gasteiger partial charge < -0.3 is 8.83 Å². The van der Waals surface area contributed by atoms with Gasteiger partial charge in [0, 0.05) is 52.8 Å². The molecule has 2 nitrogen and oxygen atoms in total. The van der Waals surface area contributed by atoms with E-state index in [9.17, 15) is 0 Å². The number of furan rings is 2. The number of rotatable bonds is 6. The van der Waals surface area contributed by atoms with E-state index < -0.39 is 0 Å². The summed E-state index contributed by atoms with van der Waals surface area (Å²) in [4.78, 5) is 0. The molecular weight excluding hydrogens is 1070 g/mol. The Balaban J connectivity index is 0.713. The molecule has 402 valence electrons. The molecule has 0 aliphatic heterocycles. The highest BCUT2D eigenvalue weighted by molar-refractivity contribution is 7.25. The molecule has 19 rings (SSSR count). The maximum absolute atomic E-state index is 7.15. The van der Waals surface area contributed by atoms with Gasteiger partial charge in [-0.1, -0.05) is 218 Å². The number of para-hydroxylation sites is 3. The lowest BCUT2D eigenvalue weighted by Gasteiger charge is -2.14. The van der Waals surface area contributed by atoms with Crippen molar-refractivity contribution in [1.29, 1.82) is 0 Å². The zero-order valence-corrected chi connectivity index (χ0v) is 47.8. The van der Waals surface area contributed by atoms with Gasteiger partial charge in [-0.2, -0.15) is 0 Å². The zero-order chi connectivity index (χ0) is 56.8. The van der Waals surface area contributed by atoms with Crippen LogP contribution < -0.4 is 0 Å². The second-order valence-electron chi connectivity index (χ2n) is 23.4. The summed E-state index contributed by atoms with van der Waals surface area (Å²) in [7, 11) is 0. The first-order valence-electron chi connectivity index (χ1n) is 29.8. The standard InChI is InChI=1S/C84H48O2S/c1-2-15-63-61(13-1)62-14-3-4-16-64(62)77-46-54(33-38-67(63)77)56-41-57(59-21-11-23-73-70-19-7-9-25-79(70)85-83(59)73)43-58(42-56)60-22-12-24-74-71-39-34-55(48-80(71)86-84(60)74)53-32-37-69-68-36-31-51(44-75(68)65-17-5-6-18-66(65)76(69)45-53)49-27-29-50(30-28-49)52-35-40-82-78(47-52)72-20-8-10-26-81(72)87-82/h1-48H. The Morgan fingerprint density at radius 3 is 1.05 bits per heavy atom. The number of hydrogen-bond acceptors (Lipinski definition) is 3. The van der Waals surface area contributed by atoms with Crippen LogP contribution in [0.15, 0.2) is 300 Å². The Hall–Kier alpha value is -11.1. The summed E-state index contributed by atoms with van der Waals surface area (Å²) in [6.45, 7) is 0. The molecule has 16 aromatic carbocycles. The van der Waals surface area contributed by atoms with Crippen molar-refractivity contribution in [3.63, 3.8) is 0 Å². The van der Waals surface area contributed by atoms with Crippen LogP contribution in [0.5, 0.6) is 0 Å². The van der Waals surface area contributed by atoms with Crippen LogP contribution >= 0.6 is 11.3 Å². The van der Waals surface area contributed by atoms with Crippen LogP contribution in [0, 0.1) is 0 Å². The molecule has 0 aliphatic carbocycles. The van der Waals surface area contributed by atoms with Gasteiger partial charge in [0.15, 0.2) is 0 Å². The molecular formula is C84H48O2S. The van der Waals surface area contributed by atoms with Crippen molar-refractivity contribution in [2.45, 2.75) is 0 Å². The maximum Gasteiger partial charge on any atom is 0.143 e. The van der Waals surface area contributed by atoms with Gasteiger partial charge in [-0.15, -0.1) is 11.3 Å². The summed E-state index contributed by atoms with van der Waals surface area (Å²) in [6, 6.07) is 107. The molecule has 19 aromatic rings. The van der Waals surface area contributed by atoms with Gasteiger partial charge in [-0.05, 0) is 193 Å². The highest BCUT2D eigenvalue weighted by Gasteiger charge is 2.20. The van der Waals surface area contributed by atoms with Gasteiger partial charge >= 0.3 is 0 Å². The minimum atomic E-state index is 0.855. The molecule has 0 N–H and O–H groups in total. The lowest BCUT2D eigenvalue weighted by molar-refractivity contribution is 0.670. The van der Waals surface area contributed by atoms with Crippen molar-refractivity contribution >= 4 is 140 Å². The highest BCUT2D eigenvalue weighted by Crippen LogP contribution is 2.46. The fourth-order valence-corrected chi connectivity index (χ4v) is 15.5. The fourth-order valence-electron chi connectivity index (χ4n) is 14.4. The van der Waals surface area contributed by atoms with Crippen molar-refractivity contribution in [2.24, 2.45) is 0 Å². The monoisotopic (exact) mass is 1120 g/mol. The molecule has 0 aliphatic rings. The minimum Gasteiger partial charge on any atom is -0.455 e. The molecule has 0 fully saturated rings. The fraction of sp³-hybridized carbons (Fsp3) is 0. The van der Waals surface area contributed by atoms with Crippen molar-refractivity contribution in [2.75, 3.05) is 0 Å². The van der Waals surface area contributed by atoms with Crippen LogP contribution in [0.1, 0.15) is 0 Å². The topological polar surface area (TPSA) is 26.3 Å².